The Balaban J connectivity index is 1.55. The summed E-state index contributed by atoms with van der Waals surface area (Å²) in [5, 5.41) is 3.56. The van der Waals surface area contributed by atoms with Crippen LogP contribution in [0.15, 0.2) is 47.3 Å². The minimum absolute atomic E-state index is 0.0211. The summed E-state index contributed by atoms with van der Waals surface area (Å²) in [6, 6.07) is 12.6. The van der Waals surface area contributed by atoms with Gasteiger partial charge >= 0.3 is 0 Å². The third-order valence-corrected chi connectivity index (χ3v) is 5.12. The van der Waals surface area contributed by atoms with Crippen molar-refractivity contribution in [3.05, 3.63) is 69.8 Å². The lowest BCUT2D eigenvalue weighted by atomic mass is 10.1. The van der Waals surface area contributed by atoms with Crippen molar-refractivity contribution in [3.8, 4) is 5.75 Å². The molecule has 0 fully saturated rings. The lowest BCUT2D eigenvalue weighted by molar-refractivity contribution is 0.0940. The van der Waals surface area contributed by atoms with E-state index in [0.29, 0.717) is 23.1 Å². The Morgan fingerprint density at radius 1 is 1.25 bits per heavy atom. The average molecular weight is 377 g/mol. The molecule has 1 aliphatic heterocycles. The van der Waals surface area contributed by atoms with E-state index in [4.69, 9.17) is 4.74 Å². The SMILES string of the molecule is CCOc1ccc(C(C)NC(=O)c2ccc3c(=O)n4c(nc3c2)CCC4)cc1. The average Bonchev–Trinajstić information content (AvgIpc) is 3.17. The summed E-state index contributed by atoms with van der Waals surface area (Å²) in [4.78, 5) is 29.9. The second kappa shape index (κ2) is 7.46. The van der Waals surface area contributed by atoms with Gasteiger partial charge in [-0.05, 0) is 56.2 Å². The Kier molecular flexibility index (Phi) is 4.86. The number of rotatable bonds is 5. The third-order valence-electron chi connectivity index (χ3n) is 5.12. The van der Waals surface area contributed by atoms with Gasteiger partial charge in [-0.25, -0.2) is 4.98 Å². The molecule has 3 aromatic rings. The molecule has 6 nitrogen and oxygen atoms in total. The number of fused-ring (bicyclic) bond motifs is 2. The summed E-state index contributed by atoms with van der Waals surface area (Å²) in [5.41, 5.74) is 2.05. The number of aromatic nitrogens is 2. The number of carbonyl (C=O) groups is 1. The van der Waals surface area contributed by atoms with Crippen LogP contribution >= 0.6 is 0 Å². The predicted octanol–water partition coefficient (Wildman–Crippen LogP) is 3.23. The van der Waals surface area contributed by atoms with Gasteiger partial charge in [-0.3, -0.25) is 14.2 Å². The highest BCUT2D eigenvalue weighted by Crippen LogP contribution is 2.19. The fourth-order valence-electron chi connectivity index (χ4n) is 3.61. The molecule has 2 heterocycles. The summed E-state index contributed by atoms with van der Waals surface area (Å²) < 4.78 is 7.18. The quantitative estimate of drug-likeness (QED) is 0.741. The number of ether oxygens (including phenoxy) is 1. The molecule has 0 saturated carbocycles. The topological polar surface area (TPSA) is 73.2 Å². The Morgan fingerprint density at radius 3 is 2.79 bits per heavy atom. The monoisotopic (exact) mass is 377 g/mol. The Bertz CT molecular complexity index is 1090. The normalized spacial score (nSPS) is 13.9. The van der Waals surface area contributed by atoms with E-state index in [-0.39, 0.29) is 17.5 Å². The van der Waals surface area contributed by atoms with Crippen molar-refractivity contribution in [2.45, 2.75) is 39.3 Å². The third kappa shape index (κ3) is 3.38. The van der Waals surface area contributed by atoms with Crippen molar-refractivity contribution >= 4 is 16.8 Å². The molecule has 4 rings (SSSR count). The van der Waals surface area contributed by atoms with Gasteiger partial charge in [0, 0.05) is 18.5 Å². The van der Waals surface area contributed by atoms with Crippen LogP contribution in [0.5, 0.6) is 5.75 Å². The maximum atomic E-state index is 12.7. The molecule has 6 heteroatoms. The van der Waals surface area contributed by atoms with Crippen LogP contribution in [0.1, 0.15) is 48.1 Å². The molecule has 1 aliphatic rings. The Hall–Kier alpha value is -3.15. The molecular weight excluding hydrogens is 354 g/mol. The molecule has 2 aromatic carbocycles. The second-order valence-electron chi connectivity index (χ2n) is 7.02. The molecule has 1 amide bonds. The van der Waals surface area contributed by atoms with E-state index < -0.39 is 0 Å². The van der Waals surface area contributed by atoms with Crippen molar-refractivity contribution in [2.24, 2.45) is 0 Å². The number of amides is 1. The maximum Gasteiger partial charge on any atom is 0.261 e. The van der Waals surface area contributed by atoms with Crippen LogP contribution in [0.3, 0.4) is 0 Å². The van der Waals surface area contributed by atoms with Crippen LogP contribution in [0, 0.1) is 0 Å². The molecule has 0 radical (unpaired) electrons. The smallest absolute Gasteiger partial charge is 0.261 e. The molecule has 1 aromatic heterocycles. The van der Waals surface area contributed by atoms with Crippen LogP contribution in [0.4, 0.5) is 0 Å². The van der Waals surface area contributed by atoms with Gasteiger partial charge in [-0.2, -0.15) is 0 Å². The fourth-order valence-corrected chi connectivity index (χ4v) is 3.61. The van der Waals surface area contributed by atoms with Crippen molar-refractivity contribution in [2.75, 3.05) is 6.61 Å². The van der Waals surface area contributed by atoms with Crippen LogP contribution in [-0.2, 0) is 13.0 Å². The van der Waals surface area contributed by atoms with Gasteiger partial charge in [0.25, 0.3) is 11.5 Å². The highest BCUT2D eigenvalue weighted by molar-refractivity contribution is 5.97. The van der Waals surface area contributed by atoms with E-state index in [2.05, 4.69) is 10.3 Å². The number of hydrogen-bond acceptors (Lipinski definition) is 4. The van der Waals surface area contributed by atoms with E-state index in [0.717, 1.165) is 36.5 Å². The maximum absolute atomic E-state index is 12.7. The number of carbonyl (C=O) groups excluding carboxylic acids is 1. The van der Waals surface area contributed by atoms with Gasteiger partial charge in [0.15, 0.2) is 0 Å². The van der Waals surface area contributed by atoms with E-state index in [1.54, 1.807) is 22.8 Å². The predicted molar refractivity (Wildman–Crippen MR) is 108 cm³/mol. The number of benzene rings is 2. The van der Waals surface area contributed by atoms with Crippen molar-refractivity contribution in [1.29, 1.82) is 0 Å². The van der Waals surface area contributed by atoms with Gasteiger partial charge in [0.2, 0.25) is 0 Å². The standard InChI is InChI=1S/C22H23N3O3/c1-3-28-17-9-6-15(7-10-17)14(2)23-21(26)16-8-11-18-19(13-16)24-20-5-4-12-25(20)22(18)27/h6-11,13-14H,3-5,12H2,1-2H3,(H,23,26). The lowest BCUT2D eigenvalue weighted by Crippen LogP contribution is -2.27. The number of aryl methyl sites for hydroxylation is 1. The molecule has 0 saturated heterocycles. The van der Waals surface area contributed by atoms with Gasteiger partial charge in [0.1, 0.15) is 11.6 Å². The summed E-state index contributed by atoms with van der Waals surface area (Å²) in [7, 11) is 0. The minimum atomic E-state index is -0.189. The second-order valence-corrected chi connectivity index (χ2v) is 7.02. The molecule has 1 unspecified atom stereocenters. The number of nitrogens with one attached hydrogen (secondary N) is 1. The van der Waals surface area contributed by atoms with Gasteiger partial charge < -0.3 is 10.1 Å². The first-order valence-electron chi connectivity index (χ1n) is 9.64. The zero-order chi connectivity index (χ0) is 19.7. The molecule has 0 aliphatic carbocycles. The van der Waals surface area contributed by atoms with Crippen LogP contribution in [0.2, 0.25) is 0 Å². The first-order chi connectivity index (χ1) is 13.6. The fraction of sp³-hybridized carbons (Fsp3) is 0.318. The highest BCUT2D eigenvalue weighted by Gasteiger charge is 2.18. The molecular formula is C22H23N3O3. The van der Waals surface area contributed by atoms with E-state index in [1.165, 1.54) is 0 Å². The molecule has 0 spiro atoms. The van der Waals surface area contributed by atoms with Gasteiger partial charge in [0.05, 0.1) is 23.6 Å². The minimum Gasteiger partial charge on any atom is -0.494 e. The van der Waals surface area contributed by atoms with Crippen LogP contribution in [-0.4, -0.2) is 22.1 Å². The molecule has 28 heavy (non-hydrogen) atoms. The van der Waals surface area contributed by atoms with E-state index in [1.807, 2.05) is 38.1 Å². The van der Waals surface area contributed by atoms with E-state index >= 15 is 0 Å². The first kappa shape index (κ1) is 18.2. The lowest BCUT2D eigenvalue weighted by Gasteiger charge is -2.15. The number of nitrogens with zero attached hydrogens (tertiary/aromatic N) is 2. The molecule has 144 valence electrons. The molecule has 1 atom stereocenters. The molecule has 1 N–H and O–H groups in total. The summed E-state index contributed by atoms with van der Waals surface area (Å²) in [6.45, 7) is 5.22. The number of hydrogen-bond donors (Lipinski definition) is 1. The largest absolute Gasteiger partial charge is 0.494 e. The van der Waals surface area contributed by atoms with Crippen LogP contribution in [0.25, 0.3) is 10.9 Å². The summed E-state index contributed by atoms with van der Waals surface area (Å²) in [6.07, 6.45) is 1.74. The van der Waals surface area contributed by atoms with Gasteiger partial charge in [-0.15, -0.1) is 0 Å². The Labute approximate surface area is 163 Å². The summed E-state index contributed by atoms with van der Waals surface area (Å²) in [5.74, 6) is 1.42. The highest BCUT2D eigenvalue weighted by atomic mass is 16.5. The van der Waals surface area contributed by atoms with Crippen molar-refractivity contribution in [1.82, 2.24) is 14.9 Å². The van der Waals surface area contributed by atoms with Gasteiger partial charge in [-0.1, -0.05) is 12.1 Å². The Morgan fingerprint density at radius 2 is 2.04 bits per heavy atom. The van der Waals surface area contributed by atoms with Crippen LogP contribution < -0.4 is 15.6 Å². The summed E-state index contributed by atoms with van der Waals surface area (Å²) >= 11 is 0. The zero-order valence-corrected chi connectivity index (χ0v) is 16.1. The molecule has 0 bridgehead atoms. The van der Waals surface area contributed by atoms with E-state index in [9.17, 15) is 9.59 Å². The van der Waals surface area contributed by atoms with Crippen molar-refractivity contribution in [3.63, 3.8) is 0 Å². The first-order valence-corrected chi connectivity index (χ1v) is 9.64. The zero-order valence-electron chi connectivity index (χ0n) is 16.1. The van der Waals surface area contributed by atoms with Crippen molar-refractivity contribution < 1.29 is 9.53 Å².